The number of carbonyl (C=O) groups excluding carboxylic acids is 2. The molecule has 1 aromatic carbocycles. The summed E-state index contributed by atoms with van der Waals surface area (Å²) in [6.07, 6.45) is 3.13. The van der Waals surface area contributed by atoms with E-state index in [1.54, 1.807) is 0 Å². The van der Waals surface area contributed by atoms with Crippen molar-refractivity contribution in [3.05, 3.63) is 29.8 Å². The first-order valence-corrected chi connectivity index (χ1v) is 9.71. The Morgan fingerprint density at radius 1 is 1.15 bits per heavy atom. The third kappa shape index (κ3) is 5.05. The smallest absolute Gasteiger partial charge is 0.238 e. The van der Waals surface area contributed by atoms with Crippen LogP contribution < -0.4 is 10.6 Å². The summed E-state index contributed by atoms with van der Waals surface area (Å²) in [5, 5.41) is 6.11. The molecule has 0 bridgehead atoms. The van der Waals surface area contributed by atoms with Crippen LogP contribution in [0, 0.1) is 0 Å². The largest absolute Gasteiger partial charge is 0.352 e. The lowest BCUT2D eigenvalue weighted by molar-refractivity contribution is -0.127. The van der Waals surface area contributed by atoms with Crippen molar-refractivity contribution in [3.63, 3.8) is 0 Å². The van der Waals surface area contributed by atoms with E-state index in [-0.39, 0.29) is 17.9 Å². The topological polar surface area (TPSA) is 64.7 Å². The molecule has 1 saturated heterocycles. The maximum atomic E-state index is 12.4. The number of nitrogens with zero attached hydrogens (tertiary/aromatic N) is 2. The summed E-state index contributed by atoms with van der Waals surface area (Å²) in [5.41, 5.74) is 2.06. The van der Waals surface area contributed by atoms with Gasteiger partial charge in [-0.25, -0.2) is 0 Å². The van der Waals surface area contributed by atoms with Crippen LogP contribution >= 0.6 is 0 Å². The molecule has 1 aromatic rings. The summed E-state index contributed by atoms with van der Waals surface area (Å²) in [4.78, 5) is 28.9. The van der Waals surface area contributed by atoms with Crippen molar-refractivity contribution in [2.24, 2.45) is 0 Å². The van der Waals surface area contributed by atoms with E-state index in [4.69, 9.17) is 0 Å². The molecule has 142 valence electrons. The summed E-state index contributed by atoms with van der Waals surface area (Å²) in [7, 11) is 0. The van der Waals surface area contributed by atoms with Gasteiger partial charge in [-0.3, -0.25) is 19.4 Å². The minimum absolute atomic E-state index is 0.0267. The molecule has 2 amide bonds. The number of hydrogen-bond acceptors (Lipinski definition) is 4. The first kappa shape index (κ1) is 18.9. The second-order valence-corrected chi connectivity index (χ2v) is 7.33. The van der Waals surface area contributed by atoms with Crippen molar-refractivity contribution in [2.75, 3.05) is 38.0 Å². The molecule has 26 heavy (non-hydrogen) atoms. The number of benzene rings is 1. The molecule has 1 atom stereocenters. The van der Waals surface area contributed by atoms with E-state index in [2.05, 4.69) is 27.4 Å². The fourth-order valence-corrected chi connectivity index (χ4v) is 3.37. The van der Waals surface area contributed by atoms with Gasteiger partial charge in [0.1, 0.15) is 0 Å². The standard InChI is InChI=1S/C20H30N4O2/c1-3-16-6-4-5-7-18(16)22-19(25)14-23-10-12-24(13-11-23)15(2)20(26)21-17-8-9-17/h4-7,15,17H,3,8-14H2,1-2H3,(H,21,26)(H,22,25)/t15-/m0/s1. The Morgan fingerprint density at radius 3 is 2.50 bits per heavy atom. The average Bonchev–Trinajstić information content (AvgIpc) is 3.46. The van der Waals surface area contributed by atoms with Gasteiger partial charge in [-0.2, -0.15) is 0 Å². The molecule has 2 N–H and O–H groups in total. The summed E-state index contributed by atoms with van der Waals surface area (Å²) in [6, 6.07) is 8.25. The second kappa shape index (κ2) is 8.64. The van der Waals surface area contributed by atoms with E-state index in [1.807, 2.05) is 31.2 Å². The van der Waals surface area contributed by atoms with Crippen LogP contribution in [0.15, 0.2) is 24.3 Å². The van der Waals surface area contributed by atoms with Crippen molar-refractivity contribution in [1.29, 1.82) is 0 Å². The van der Waals surface area contributed by atoms with Gasteiger partial charge in [-0.05, 0) is 37.8 Å². The molecule has 2 fully saturated rings. The maximum Gasteiger partial charge on any atom is 0.238 e. The molecule has 1 heterocycles. The van der Waals surface area contributed by atoms with E-state index in [1.165, 1.54) is 0 Å². The normalized spacial score (nSPS) is 19.8. The zero-order chi connectivity index (χ0) is 18.5. The molecule has 6 nitrogen and oxygen atoms in total. The van der Waals surface area contributed by atoms with Crippen LogP contribution in [0.3, 0.4) is 0 Å². The highest BCUT2D eigenvalue weighted by atomic mass is 16.2. The molecule has 0 spiro atoms. The van der Waals surface area contributed by atoms with Gasteiger partial charge in [-0.1, -0.05) is 25.1 Å². The highest BCUT2D eigenvalue weighted by Gasteiger charge is 2.30. The Balaban J connectivity index is 1.43. The number of rotatable bonds is 7. The molecule has 0 aromatic heterocycles. The van der Waals surface area contributed by atoms with Crippen molar-refractivity contribution < 1.29 is 9.59 Å². The van der Waals surface area contributed by atoms with Gasteiger partial charge >= 0.3 is 0 Å². The zero-order valence-electron chi connectivity index (χ0n) is 15.8. The van der Waals surface area contributed by atoms with Crippen LogP contribution in [0.2, 0.25) is 0 Å². The number of carbonyl (C=O) groups is 2. The Labute approximate surface area is 155 Å². The van der Waals surface area contributed by atoms with Gasteiger partial charge < -0.3 is 10.6 Å². The summed E-state index contributed by atoms with van der Waals surface area (Å²) in [6.45, 7) is 7.71. The van der Waals surface area contributed by atoms with Crippen molar-refractivity contribution >= 4 is 17.5 Å². The third-order valence-corrected chi connectivity index (χ3v) is 5.30. The molecule has 6 heteroatoms. The molecule has 3 rings (SSSR count). The number of aryl methyl sites for hydroxylation is 1. The molecule has 2 aliphatic rings. The molecule has 1 saturated carbocycles. The predicted octanol–water partition coefficient (Wildman–Crippen LogP) is 1.47. The van der Waals surface area contributed by atoms with Crippen LogP contribution in [0.25, 0.3) is 0 Å². The van der Waals surface area contributed by atoms with Gasteiger partial charge in [0.25, 0.3) is 0 Å². The lowest BCUT2D eigenvalue weighted by Crippen LogP contribution is -2.55. The summed E-state index contributed by atoms with van der Waals surface area (Å²) in [5.74, 6) is 0.161. The second-order valence-electron chi connectivity index (χ2n) is 7.33. The minimum Gasteiger partial charge on any atom is -0.352 e. The van der Waals surface area contributed by atoms with Gasteiger partial charge in [0.15, 0.2) is 0 Å². The maximum absolute atomic E-state index is 12.4. The number of amides is 2. The lowest BCUT2D eigenvalue weighted by Gasteiger charge is -2.37. The summed E-state index contributed by atoms with van der Waals surface area (Å²) < 4.78 is 0. The van der Waals surface area contributed by atoms with E-state index in [0.29, 0.717) is 12.6 Å². The van der Waals surface area contributed by atoms with Crippen LogP contribution in [0.1, 0.15) is 32.3 Å². The monoisotopic (exact) mass is 358 g/mol. The first-order valence-electron chi connectivity index (χ1n) is 9.71. The van der Waals surface area contributed by atoms with E-state index < -0.39 is 0 Å². The number of para-hydroxylation sites is 1. The van der Waals surface area contributed by atoms with Gasteiger partial charge in [0, 0.05) is 37.9 Å². The van der Waals surface area contributed by atoms with Gasteiger partial charge in [0.05, 0.1) is 12.6 Å². The van der Waals surface area contributed by atoms with Crippen molar-refractivity contribution in [3.8, 4) is 0 Å². The van der Waals surface area contributed by atoms with Crippen molar-refractivity contribution in [2.45, 2.75) is 45.2 Å². The average molecular weight is 358 g/mol. The Bertz CT molecular complexity index is 636. The molecule has 0 radical (unpaired) electrons. The Hall–Kier alpha value is -1.92. The third-order valence-electron chi connectivity index (χ3n) is 5.30. The first-order chi connectivity index (χ1) is 12.6. The van der Waals surface area contributed by atoms with Crippen LogP contribution in [0.5, 0.6) is 0 Å². The number of piperazine rings is 1. The molecular weight excluding hydrogens is 328 g/mol. The molecule has 1 aliphatic heterocycles. The Morgan fingerprint density at radius 2 is 1.85 bits per heavy atom. The van der Waals surface area contributed by atoms with Crippen LogP contribution in [-0.2, 0) is 16.0 Å². The number of hydrogen-bond donors (Lipinski definition) is 2. The number of nitrogens with one attached hydrogen (secondary N) is 2. The predicted molar refractivity (Wildman–Crippen MR) is 103 cm³/mol. The summed E-state index contributed by atoms with van der Waals surface area (Å²) >= 11 is 0. The van der Waals surface area contributed by atoms with Crippen LogP contribution in [0.4, 0.5) is 5.69 Å². The molecular formula is C20H30N4O2. The molecule has 1 aliphatic carbocycles. The minimum atomic E-state index is -0.0944. The van der Waals surface area contributed by atoms with E-state index in [0.717, 1.165) is 56.7 Å². The van der Waals surface area contributed by atoms with Crippen molar-refractivity contribution in [1.82, 2.24) is 15.1 Å². The van der Waals surface area contributed by atoms with Crippen LogP contribution in [-0.4, -0.2) is 66.4 Å². The lowest BCUT2D eigenvalue weighted by atomic mass is 10.1. The highest BCUT2D eigenvalue weighted by molar-refractivity contribution is 5.93. The van der Waals surface area contributed by atoms with E-state index in [9.17, 15) is 9.59 Å². The fraction of sp³-hybridized carbons (Fsp3) is 0.600. The highest BCUT2D eigenvalue weighted by Crippen LogP contribution is 2.19. The van der Waals surface area contributed by atoms with E-state index >= 15 is 0 Å². The fourth-order valence-electron chi connectivity index (χ4n) is 3.37. The SMILES string of the molecule is CCc1ccccc1NC(=O)CN1CCN([C@@H](C)C(=O)NC2CC2)CC1. The number of anilines is 1. The van der Waals surface area contributed by atoms with Gasteiger partial charge in [-0.15, -0.1) is 0 Å². The Kier molecular flexibility index (Phi) is 6.27. The zero-order valence-corrected chi connectivity index (χ0v) is 15.8. The van der Waals surface area contributed by atoms with Gasteiger partial charge in [0.2, 0.25) is 11.8 Å². The molecule has 0 unspecified atom stereocenters. The quantitative estimate of drug-likeness (QED) is 0.775.